The molecule has 8 heteroatoms. The van der Waals surface area contributed by atoms with Gasteiger partial charge in [0.25, 0.3) is 0 Å². The predicted octanol–water partition coefficient (Wildman–Crippen LogP) is 5.61. The van der Waals surface area contributed by atoms with Gasteiger partial charge in [-0.2, -0.15) is 0 Å². The zero-order valence-corrected chi connectivity index (χ0v) is 20.3. The number of hydrogen-bond donors (Lipinski definition) is 1. The van der Waals surface area contributed by atoms with Gasteiger partial charge in [-0.25, -0.2) is 14.4 Å². The first-order chi connectivity index (χ1) is 17.4. The molecule has 0 amide bonds. The molecule has 186 valence electrons. The van der Waals surface area contributed by atoms with E-state index >= 15 is 0 Å². The van der Waals surface area contributed by atoms with Crippen molar-refractivity contribution in [1.29, 1.82) is 0 Å². The number of ether oxygens (including phenoxy) is 2. The number of hydrogen-bond acceptors (Lipinski definition) is 6. The van der Waals surface area contributed by atoms with E-state index in [1.807, 2.05) is 18.2 Å². The van der Waals surface area contributed by atoms with E-state index in [0.717, 1.165) is 42.3 Å². The maximum absolute atomic E-state index is 14.5. The first-order valence-corrected chi connectivity index (χ1v) is 12.1. The summed E-state index contributed by atoms with van der Waals surface area (Å²) in [7, 11) is 1.46. The second kappa shape index (κ2) is 9.68. The zero-order chi connectivity index (χ0) is 25.4. The topological polar surface area (TPSA) is 94.4 Å². The minimum absolute atomic E-state index is 0.0320. The lowest BCUT2D eigenvalue weighted by Gasteiger charge is -2.28. The lowest BCUT2D eigenvalue weighted by molar-refractivity contribution is -0.142. The van der Waals surface area contributed by atoms with E-state index < -0.39 is 17.7 Å². The lowest BCUT2D eigenvalue weighted by Crippen LogP contribution is -2.22. The highest BCUT2D eigenvalue weighted by molar-refractivity contribution is 5.71. The highest BCUT2D eigenvalue weighted by Crippen LogP contribution is 2.48. The summed E-state index contributed by atoms with van der Waals surface area (Å²) in [4.78, 5) is 24.8. The molecular formula is C28H28FN3O4. The maximum Gasteiger partial charge on any atom is 0.306 e. The number of aliphatic carboxylic acids is 1. The van der Waals surface area contributed by atoms with Gasteiger partial charge < -0.3 is 14.6 Å². The molecule has 1 aliphatic heterocycles. The average molecular weight is 490 g/mol. The first kappa shape index (κ1) is 23.9. The number of carboxylic acid groups (broad SMARTS) is 1. The predicted molar refractivity (Wildman–Crippen MR) is 132 cm³/mol. The standard InChI is InChI=1S/C28H28FN3O4/c1-4-21-27(19-12-25(35-3)30-13-20(19)29)31-14-22(32-21)23-10-9-16-5-8-18(11-24(16)36-23)26(17-6-7-17)15(2)28(33)34/h4-5,8,11-15,17,23,26H,1,6-7,9-10H2,2-3H3,(H,33,34)/t15-,23?,26-/m0/s1. The molecule has 2 aliphatic rings. The normalized spacial score (nSPS) is 18.5. The van der Waals surface area contributed by atoms with Gasteiger partial charge in [-0.15, -0.1) is 0 Å². The van der Waals surface area contributed by atoms with Crippen molar-refractivity contribution >= 4 is 12.0 Å². The van der Waals surface area contributed by atoms with Crippen LogP contribution in [0.5, 0.6) is 11.6 Å². The Morgan fingerprint density at radius 1 is 1.25 bits per heavy atom. The molecule has 3 heterocycles. The molecule has 7 nitrogen and oxygen atoms in total. The molecule has 1 aromatic carbocycles. The van der Waals surface area contributed by atoms with Crippen LogP contribution in [-0.4, -0.2) is 33.1 Å². The largest absolute Gasteiger partial charge is 0.484 e. The Balaban J connectivity index is 1.44. The summed E-state index contributed by atoms with van der Waals surface area (Å²) in [6.07, 6.45) is 7.53. The Hall–Kier alpha value is -3.81. The monoisotopic (exact) mass is 489 g/mol. The molecule has 0 radical (unpaired) electrons. The van der Waals surface area contributed by atoms with Gasteiger partial charge in [0.05, 0.1) is 42.5 Å². The van der Waals surface area contributed by atoms with E-state index in [-0.39, 0.29) is 23.5 Å². The molecule has 0 spiro atoms. The molecule has 0 saturated heterocycles. The van der Waals surface area contributed by atoms with Crippen LogP contribution in [0.25, 0.3) is 17.3 Å². The van der Waals surface area contributed by atoms with E-state index in [9.17, 15) is 14.3 Å². The molecule has 1 aliphatic carbocycles. The van der Waals surface area contributed by atoms with E-state index in [1.54, 1.807) is 19.2 Å². The molecule has 3 aromatic rings. The molecule has 1 fully saturated rings. The molecule has 1 saturated carbocycles. The SMILES string of the molecule is C=Cc1nc(C2CCc3ccc([C@H](C4CC4)[C@H](C)C(=O)O)cc3O2)cnc1-c1cc(OC)ncc1F. The van der Waals surface area contributed by atoms with Crippen LogP contribution in [0.2, 0.25) is 0 Å². The molecule has 2 aromatic heterocycles. The first-order valence-electron chi connectivity index (χ1n) is 12.1. The maximum atomic E-state index is 14.5. The average Bonchev–Trinajstić information content (AvgIpc) is 3.73. The van der Waals surface area contributed by atoms with E-state index in [2.05, 4.69) is 16.5 Å². The summed E-state index contributed by atoms with van der Waals surface area (Å²) in [6.45, 7) is 5.62. The van der Waals surface area contributed by atoms with Crippen molar-refractivity contribution in [3.63, 3.8) is 0 Å². The van der Waals surface area contributed by atoms with Gasteiger partial charge >= 0.3 is 5.97 Å². The number of carbonyl (C=O) groups is 1. The van der Waals surface area contributed by atoms with Crippen molar-refractivity contribution in [3.05, 3.63) is 71.6 Å². The summed E-state index contributed by atoms with van der Waals surface area (Å²) in [5.41, 5.74) is 3.74. The molecular weight excluding hydrogens is 461 g/mol. The van der Waals surface area contributed by atoms with E-state index in [4.69, 9.17) is 14.5 Å². The van der Waals surface area contributed by atoms with Gasteiger partial charge in [0.2, 0.25) is 5.88 Å². The highest BCUT2D eigenvalue weighted by Gasteiger charge is 2.39. The number of halogens is 1. The van der Waals surface area contributed by atoms with Gasteiger partial charge in [-0.05, 0) is 60.8 Å². The van der Waals surface area contributed by atoms with Crippen LogP contribution in [0, 0.1) is 17.7 Å². The molecule has 36 heavy (non-hydrogen) atoms. The van der Waals surface area contributed by atoms with Crippen LogP contribution in [0.15, 0.2) is 43.2 Å². The number of rotatable bonds is 8. The summed E-state index contributed by atoms with van der Waals surface area (Å²) in [6, 6.07) is 7.58. The summed E-state index contributed by atoms with van der Waals surface area (Å²) < 4.78 is 26.0. The van der Waals surface area contributed by atoms with Gasteiger partial charge in [0.15, 0.2) is 5.82 Å². The Kier molecular flexibility index (Phi) is 6.43. The number of carboxylic acids is 1. The van der Waals surface area contributed by atoms with Crippen LogP contribution in [-0.2, 0) is 11.2 Å². The molecule has 1 N–H and O–H groups in total. The second-order valence-electron chi connectivity index (χ2n) is 9.44. The molecule has 3 atom stereocenters. The van der Waals surface area contributed by atoms with Gasteiger partial charge in [-0.3, -0.25) is 9.78 Å². The summed E-state index contributed by atoms with van der Waals surface area (Å²) in [5.74, 6) is -0.378. The van der Waals surface area contributed by atoms with Crippen LogP contribution in [0.3, 0.4) is 0 Å². The number of fused-ring (bicyclic) bond motifs is 1. The number of aromatic nitrogens is 3. The third-order valence-corrected chi connectivity index (χ3v) is 7.12. The Morgan fingerprint density at radius 3 is 2.75 bits per heavy atom. The van der Waals surface area contributed by atoms with E-state index in [1.165, 1.54) is 13.2 Å². The fourth-order valence-corrected chi connectivity index (χ4v) is 5.02. The van der Waals surface area contributed by atoms with Crippen LogP contribution in [0.4, 0.5) is 4.39 Å². The zero-order valence-electron chi connectivity index (χ0n) is 20.3. The number of methoxy groups -OCH3 is 1. The smallest absolute Gasteiger partial charge is 0.306 e. The molecule has 5 rings (SSSR count). The quantitative estimate of drug-likeness (QED) is 0.439. The lowest BCUT2D eigenvalue weighted by atomic mass is 9.82. The van der Waals surface area contributed by atoms with Crippen molar-refractivity contribution in [2.24, 2.45) is 11.8 Å². The Morgan fingerprint density at radius 2 is 2.06 bits per heavy atom. The van der Waals surface area contributed by atoms with Gasteiger partial charge in [-0.1, -0.05) is 25.6 Å². The number of pyridine rings is 1. The third-order valence-electron chi connectivity index (χ3n) is 7.12. The highest BCUT2D eigenvalue weighted by atomic mass is 19.1. The van der Waals surface area contributed by atoms with Crippen molar-refractivity contribution < 1.29 is 23.8 Å². The van der Waals surface area contributed by atoms with E-state index in [0.29, 0.717) is 29.4 Å². The minimum Gasteiger partial charge on any atom is -0.484 e. The summed E-state index contributed by atoms with van der Waals surface area (Å²) >= 11 is 0. The number of benzene rings is 1. The van der Waals surface area contributed by atoms with Crippen molar-refractivity contribution in [2.75, 3.05) is 7.11 Å². The summed E-state index contributed by atoms with van der Waals surface area (Å²) in [5, 5.41) is 9.63. The second-order valence-corrected chi connectivity index (χ2v) is 9.44. The Labute approximate surface area is 209 Å². The number of aryl methyl sites for hydroxylation is 1. The van der Waals surface area contributed by atoms with Gasteiger partial charge in [0.1, 0.15) is 11.9 Å². The van der Waals surface area contributed by atoms with Crippen LogP contribution < -0.4 is 9.47 Å². The van der Waals surface area contributed by atoms with Crippen LogP contribution in [0.1, 0.15) is 60.7 Å². The molecule has 0 bridgehead atoms. The van der Waals surface area contributed by atoms with Crippen LogP contribution >= 0.6 is 0 Å². The van der Waals surface area contributed by atoms with Crippen molar-refractivity contribution in [2.45, 2.75) is 44.6 Å². The fourth-order valence-electron chi connectivity index (χ4n) is 5.02. The Bertz CT molecular complexity index is 1320. The van der Waals surface area contributed by atoms with Gasteiger partial charge in [0, 0.05) is 11.6 Å². The minimum atomic E-state index is -0.779. The molecule has 1 unspecified atom stereocenters. The third kappa shape index (κ3) is 4.55. The fraction of sp³-hybridized carbons (Fsp3) is 0.357. The van der Waals surface area contributed by atoms with Crippen molar-refractivity contribution in [1.82, 2.24) is 15.0 Å². The number of nitrogens with zero attached hydrogens (tertiary/aromatic N) is 3. The van der Waals surface area contributed by atoms with Crippen molar-refractivity contribution in [3.8, 4) is 22.9 Å².